The maximum absolute atomic E-state index is 11.5. The zero-order chi connectivity index (χ0) is 10.6. The van der Waals surface area contributed by atoms with E-state index in [2.05, 4.69) is 5.48 Å². The second-order valence-corrected chi connectivity index (χ2v) is 3.91. The predicted octanol–water partition coefficient (Wildman–Crippen LogP) is -0.372. The minimum absolute atomic E-state index is 0.0952. The SMILES string of the molecule is CNOCCN1C(=O)CC(SC)C1=O. The maximum atomic E-state index is 11.5. The molecule has 1 aliphatic heterocycles. The van der Waals surface area contributed by atoms with Crippen molar-refractivity contribution in [3.8, 4) is 0 Å². The lowest BCUT2D eigenvalue weighted by molar-refractivity contribution is -0.139. The number of carbonyl (C=O) groups is 2. The zero-order valence-electron chi connectivity index (χ0n) is 8.28. The van der Waals surface area contributed by atoms with Gasteiger partial charge in [-0.2, -0.15) is 11.8 Å². The Hall–Kier alpha value is -0.590. The Balaban J connectivity index is 2.44. The molecular formula is C8H14N2O3S. The minimum atomic E-state index is -0.197. The van der Waals surface area contributed by atoms with Crippen LogP contribution >= 0.6 is 11.8 Å². The van der Waals surface area contributed by atoms with Crippen LogP contribution in [0.25, 0.3) is 0 Å². The molecule has 1 atom stereocenters. The Morgan fingerprint density at radius 2 is 2.36 bits per heavy atom. The molecule has 2 amide bonds. The van der Waals surface area contributed by atoms with Gasteiger partial charge in [-0.25, -0.2) is 5.48 Å². The first kappa shape index (κ1) is 11.5. The van der Waals surface area contributed by atoms with Crippen LogP contribution in [-0.4, -0.2) is 48.4 Å². The number of amides is 2. The summed E-state index contributed by atoms with van der Waals surface area (Å²) in [6.07, 6.45) is 2.16. The highest BCUT2D eigenvalue weighted by atomic mass is 32.2. The number of hydrogen-bond acceptors (Lipinski definition) is 5. The lowest BCUT2D eigenvalue weighted by Gasteiger charge is -2.13. The van der Waals surface area contributed by atoms with Gasteiger partial charge in [0.05, 0.1) is 18.4 Å². The Labute approximate surface area is 87.1 Å². The summed E-state index contributed by atoms with van der Waals surface area (Å²) in [7, 11) is 1.64. The van der Waals surface area contributed by atoms with E-state index in [0.717, 1.165) is 0 Å². The van der Waals surface area contributed by atoms with Gasteiger partial charge in [-0.3, -0.25) is 14.5 Å². The average Bonchev–Trinajstić information content (AvgIpc) is 2.45. The number of nitrogens with zero attached hydrogens (tertiary/aromatic N) is 1. The Morgan fingerprint density at radius 1 is 1.64 bits per heavy atom. The fraction of sp³-hybridized carbons (Fsp3) is 0.750. The third-order valence-corrected chi connectivity index (χ3v) is 2.99. The van der Waals surface area contributed by atoms with E-state index < -0.39 is 0 Å². The number of hydrogen-bond donors (Lipinski definition) is 1. The second kappa shape index (κ2) is 5.33. The predicted molar refractivity (Wildman–Crippen MR) is 53.7 cm³/mol. The molecule has 0 aromatic heterocycles. The summed E-state index contributed by atoms with van der Waals surface area (Å²) in [6.45, 7) is 0.657. The van der Waals surface area contributed by atoms with Crippen molar-refractivity contribution in [1.82, 2.24) is 10.4 Å². The van der Waals surface area contributed by atoms with Gasteiger partial charge in [0.15, 0.2) is 0 Å². The van der Waals surface area contributed by atoms with E-state index in [1.54, 1.807) is 7.05 Å². The Kier molecular flexibility index (Phi) is 4.37. The van der Waals surface area contributed by atoms with Gasteiger partial charge in [0.25, 0.3) is 0 Å². The van der Waals surface area contributed by atoms with Crippen molar-refractivity contribution in [2.75, 3.05) is 26.5 Å². The first-order valence-corrected chi connectivity index (χ1v) is 5.65. The summed E-state index contributed by atoms with van der Waals surface area (Å²) in [5, 5.41) is -0.197. The van der Waals surface area contributed by atoms with Crippen molar-refractivity contribution in [1.29, 1.82) is 0 Å². The molecule has 0 bridgehead atoms. The molecule has 1 saturated heterocycles. The maximum Gasteiger partial charge on any atom is 0.242 e. The fourth-order valence-electron chi connectivity index (χ4n) is 1.31. The normalized spacial score (nSPS) is 22.1. The van der Waals surface area contributed by atoms with Crippen LogP contribution in [0, 0.1) is 0 Å². The molecule has 0 aliphatic carbocycles. The molecule has 6 heteroatoms. The van der Waals surface area contributed by atoms with Gasteiger partial charge in [0.2, 0.25) is 11.8 Å². The van der Waals surface area contributed by atoms with Crippen LogP contribution in [0.5, 0.6) is 0 Å². The molecule has 1 fully saturated rings. The molecular weight excluding hydrogens is 204 g/mol. The first-order valence-electron chi connectivity index (χ1n) is 4.36. The van der Waals surface area contributed by atoms with Gasteiger partial charge in [-0.15, -0.1) is 0 Å². The molecule has 0 spiro atoms. The van der Waals surface area contributed by atoms with E-state index in [1.165, 1.54) is 16.7 Å². The molecule has 1 N–H and O–H groups in total. The van der Waals surface area contributed by atoms with Crippen molar-refractivity contribution >= 4 is 23.6 Å². The fourth-order valence-corrected chi connectivity index (χ4v) is 1.95. The molecule has 5 nitrogen and oxygen atoms in total. The molecule has 1 aliphatic rings. The van der Waals surface area contributed by atoms with Crippen molar-refractivity contribution in [2.24, 2.45) is 0 Å². The zero-order valence-corrected chi connectivity index (χ0v) is 9.10. The number of likely N-dealkylation sites (tertiary alicyclic amines) is 1. The van der Waals surface area contributed by atoms with Gasteiger partial charge in [0.1, 0.15) is 0 Å². The number of carbonyl (C=O) groups excluding carboxylic acids is 2. The van der Waals surface area contributed by atoms with Gasteiger partial charge in [-0.05, 0) is 6.26 Å². The highest BCUT2D eigenvalue weighted by Crippen LogP contribution is 2.22. The van der Waals surface area contributed by atoms with Crippen molar-refractivity contribution in [3.63, 3.8) is 0 Å². The largest absolute Gasteiger partial charge is 0.300 e. The van der Waals surface area contributed by atoms with E-state index in [9.17, 15) is 9.59 Å². The standard InChI is InChI=1S/C8H14N2O3S/c1-9-13-4-3-10-7(11)5-6(14-2)8(10)12/h6,9H,3-5H2,1-2H3. The average molecular weight is 218 g/mol. The smallest absolute Gasteiger partial charge is 0.242 e. The summed E-state index contributed by atoms with van der Waals surface area (Å²) in [5.41, 5.74) is 2.49. The van der Waals surface area contributed by atoms with Gasteiger partial charge in [-0.1, -0.05) is 0 Å². The second-order valence-electron chi connectivity index (χ2n) is 2.86. The molecule has 0 aromatic rings. The topological polar surface area (TPSA) is 58.6 Å². The van der Waals surface area contributed by atoms with E-state index >= 15 is 0 Å². The number of thioether (sulfide) groups is 1. The monoisotopic (exact) mass is 218 g/mol. The van der Waals surface area contributed by atoms with Crippen LogP contribution in [-0.2, 0) is 14.4 Å². The van der Waals surface area contributed by atoms with Crippen LogP contribution in [0.4, 0.5) is 0 Å². The van der Waals surface area contributed by atoms with Crippen molar-refractivity contribution < 1.29 is 14.4 Å². The summed E-state index contributed by atoms with van der Waals surface area (Å²) in [4.78, 5) is 29.0. The first-order chi connectivity index (χ1) is 6.70. The Bertz CT molecular complexity index is 235. The molecule has 1 rings (SSSR count). The highest BCUT2D eigenvalue weighted by Gasteiger charge is 2.37. The summed E-state index contributed by atoms with van der Waals surface area (Å²) >= 11 is 1.42. The van der Waals surface area contributed by atoms with Crippen LogP contribution in [0.15, 0.2) is 0 Å². The van der Waals surface area contributed by atoms with Gasteiger partial charge in [0, 0.05) is 13.5 Å². The molecule has 1 unspecified atom stereocenters. The number of rotatable bonds is 5. The third kappa shape index (κ3) is 2.46. The minimum Gasteiger partial charge on any atom is -0.300 e. The van der Waals surface area contributed by atoms with Crippen LogP contribution in [0.2, 0.25) is 0 Å². The van der Waals surface area contributed by atoms with E-state index in [4.69, 9.17) is 4.84 Å². The summed E-state index contributed by atoms with van der Waals surface area (Å²) in [5.74, 6) is -0.198. The Morgan fingerprint density at radius 3 is 2.86 bits per heavy atom. The number of imide groups is 1. The number of nitrogens with one attached hydrogen (secondary N) is 1. The van der Waals surface area contributed by atoms with E-state index in [1.807, 2.05) is 6.26 Å². The van der Waals surface area contributed by atoms with Crippen molar-refractivity contribution in [3.05, 3.63) is 0 Å². The third-order valence-electron chi connectivity index (χ3n) is 2.05. The van der Waals surface area contributed by atoms with Gasteiger partial charge < -0.3 is 4.84 Å². The molecule has 80 valence electrons. The van der Waals surface area contributed by atoms with Crippen LogP contribution in [0.1, 0.15) is 6.42 Å². The van der Waals surface area contributed by atoms with Crippen LogP contribution < -0.4 is 5.48 Å². The van der Waals surface area contributed by atoms with E-state index in [-0.39, 0.29) is 17.1 Å². The number of hydroxylamine groups is 1. The highest BCUT2D eigenvalue weighted by molar-refractivity contribution is 8.00. The molecule has 14 heavy (non-hydrogen) atoms. The van der Waals surface area contributed by atoms with Gasteiger partial charge >= 0.3 is 0 Å². The van der Waals surface area contributed by atoms with Crippen molar-refractivity contribution in [2.45, 2.75) is 11.7 Å². The molecule has 0 radical (unpaired) electrons. The molecule has 1 heterocycles. The summed E-state index contributed by atoms with van der Waals surface area (Å²) < 4.78 is 0. The lowest BCUT2D eigenvalue weighted by Crippen LogP contribution is -2.35. The van der Waals surface area contributed by atoms with Crippen LogP contribution in [0.3, 0.4) is 0 Å². The molecule has 0 aromatic carbocycles. The quantitative estimate of drug-likeness (QED) is 0.387. The lowest BCUT2D eigenvalue weighted by atomic mass is 10.4. The summed E-state index contributed by atoms with van der Waals surface area (Å²) in [6, 6.07) is 0. The molecule has 0 saturated carbocycles. The van der Waals surface area contributed by atoms with E-state index in [0.29, 0.717) is 19.6 Å².